The summed E-state index contributed by atoms with van der Waals surface area (Å²) in [6, 6.07) is 5.00. The number of aromatic nitrogens is 1. The van der Waals surface area contributed by atoms with E-state index >= 15 is 0 Å². The lowest BCUT2D eigenvalue weighted by molar-refractivity contribution is 0.250. The van der Waals surface area contributed by atoms with Crippen LogP contribution in [0.2, 0.25) is 0 Å². The van der Waals surface area contributed by atoms with Gasteiger partial charge in [-0.25, -0.2) is 4.98 Å². The molecule has 0 unspecified atom stereocenters. The van der Waals surface area contributed by atoms with Crippen LogP contribution in [0.15, 0.2) is 23.7 Å². The Labute approximate surface area is 121 Å². The van der Waals surface area contributed by atoms with Crippen molar-refractivity contribution in [1.82, 2.24) is 9.88 Å². The Balaban J connectivity index is 1.62. The van der Waals surface area contributed by atoms with Gasteiger partial charge in [-0.15, -0.1) is 11.3 Å². The molecule has 3 nitrogen and oxygen atoms in total. The van der Waals surface area contributed by atoms with Gasteiger partial charge in [0, 0.05) is 43.3 Å². The summed E-state index contributed by atoms with van der Waals surface area (Å²) in [7, 11) is 0. The van der Waals surface area contributed by atoms with E-state index < -0.39 is 0 Å². The van der Waals surface area contributed by atoms with Gasteiger partial charge in [0.25, 0.3) is 0 Å². The van der Waals surface area contributed by atoms with E-state index in [0.717, 1.165) is 6.54 Å². The van der Waals surface area contributed by atoms with Crippen LogP contribution in [0.3, 0.4) is 0 Å². The van der Waals surface area contributed by atoms with Crippen molar-refractivity contribution in [2.45, 2.75) is 18.9 Å². The molecule has 3 aliphatic heterocycles. The second kappa shape index (κ2) is 4.89. The second-order valence-corrected chi connectivity index (χ2v) is 7.21. The molecule has 5 heterocycles. The van der Waals surface area contributed by atoms with Gasteiger partial charge in [0.2, 0.25) is 0 Å². The summed E-state index contributed by atoms with van der Waals surface area (Å²) < 4.78 is 0. The van der Waals surface area contributed by atoms with Crippen LogP contribution in [0.4, 0.5) is 5.13 Å². The smallest absolute Gasteiger partial charge is 0.186 e. The van der Waals surface area contributed by atoms with Gasteiger partial charge in [-0.05, 0) is 24.3 Å². The van der Waals surface area contributed by atoms with Crippen molar-refractivity contribution >= 4 is 27.8 Å². The molecule has 0 atom stereocenters. The fourth-order valence-corrected chi connectivity index (χ4v) is 4.90. The Morgan fingerprint density at radius 2 is 2.00 bits per heavy atom. The molecule has 3 fully saturated rings. The Bertz CT molecular complexity index is 541. The highest BCUT2D eigenvalue weighted by molar-refractivity contribution is 7.23. The van der Waals surface area contributed by atoms with E-state index in [9.17, 15) is 0 Å². The van der Waals surface area contributed by atoms with Crippen LogP contribution in [0.25, 0.3) is 9.75 Å². The molecule has 5 heteroatoms. The van der Waals surface area contributed by atoms with Crippen LogP contribution in [-0.4, -0.2) is 42.1 Å². The van der Waals surface area contributed by atoms with E-state index in [-0.39, 0.29) is 0 Å². The van der Waals surface area contributed by atoms with E-state index in [1.54, 1.807) is 11.3 Å². The summed E-state index contributed by atoms with van der Waals surface area (Å²) in [6.07, 6.45) is 4.64. The molecule has 2 aromatic heterocycles. The average molecular weight is 291 g/mol. The number of thiazole rings is 1. The molecule has 100 valence electrons. The van der Waals surface area contributed by atoms with Crippen LogP contribution in [0.5, 0.6) is 0 Å². The first kappa shape index (κ1) is 11.9. The van der Waals surface area contributed by atoms with Gasteiger partial charge in [-0.1, -0.05) is 17.4 Å². The van der Waals surface area contributed by atoms with E-state index in [1.165, 1.54) is 47.4 Å². The van der Waals surface area contributed by atoms with E-state index in [4.69, 9.17) is 0 Å². The predicted octanol–water partition coefficient (Wildman–Crippen LogP) is 3.16. The van der Waals surface area contributed by atoms with Crippen molar-refractivity contribution in [1.29, 1.82) is 0 Å². The molecular weight excluding hydrogens is 274 g/mol. The third-order valence-electron chi connectivity index (χ3n) is 4.16. The largest absolute Gasteiger partial charge is 0.344 e. The Kier molecular flexibility index (Phi) is 3.06. The first-order valence-corrected chi connectivity index (χ1v) is 8.58. The summed E-state index contributed by atoms with van der Waals surface area (Å²) >= 11 is 3.65. The molecule has 0 N–H and O–H groups in total. The van der Waals surface area contributed by atoms with Crippen molar-refractivity contribution in [3.63, 3.8) is 0 Å². The van der Waals surface area contributed by atoms with E-state index in [0.29, 0.717) is 6.04 Å². The lowest BCUT2D eigenvalue weighted by Gasteiger charge is -2.31. The van der Waals surface area contributed by atoms with Crippen LogP contribution in [0.1, 0.15) is 12.8 Å². The lowest BCUT2D eigenvalue weighted by Crippen LogP contribution is -2.37. The highest BCUT2D eigenvalue weighted by Crippen LogP contribution is 2.36. The van der Waals surface area contributed by atoms with Gasteiger partial charge in [0.1, 0.15) is 0 Å². The first-order chi connectivity index (χ1) is 9.40. The molecule has 3 saturated heterocycles. The van der Waals surface area contributed by atoms with Crippen molar-refractivity contribution in [3.8, 4) is 9.75 Å². The number of rotatable bonds is 2. The second-order valence-electron chi connectivity index (χ2n) is 5.25. The molecule has 0 aromatic carbocycles. The van der Waals surface area contributed by atoms with Gasteiger partial charge < -0.3 is 9.80 Å². The normalized spacial score (nSPS) is 26.6. The molecule has 0 aliphatic carbocycles. The van der Waals surface area contributed by atoms with Gasteiger partial charge in [0.15, 0.2) is 5.13 Å². The molecule has 5 rings (SSSR count). The standard InChI is InChI=1S/C14H17N3S2/c1-2-12(18-9-1)13-10-15-14(19-13)17-8-7-16-5-3-11(17)4-6-16/h1-2,9-11H,3-8H2. The zero-order valence-electron chi connectivity index (χ0n) is 10.8. The number of thiophene rings is 1. The fourth-order valence-electron chi connectivity index (χ4n) is 3.07. The zero-order valence-corrected chi connectivity index (χ0v) is 12.4. The molecule has 0 amide bonds. The maximum atomic E-state index is 4.69. The van der Waals surface area contributed by atoms with Gasteiger partial charge in [-0.2, -0.15) is 0 Å². The SMILES string of the molecule is c1csc(-c2cnc(N3CCN4CCC3CC4)s2)c1. The molecule has 0 spiro atoms. The van der Waals surface area contributed by atoms with Crippen molar-refractivity contribution in [2.24, 2.45) is 0 Å². The molecule has 19 heavy (non-hydrogen) atoms. The first-order valence-electron chi connectivity index (χ1n) is 6.89. The Morgan fingerprint density at radius 3 is 2.79 bits per heavy atom. The summed E-state index contributed by atoms with van der Waals surface area (Å²) in [6.45, 7) is 4.88. The fraction of sp³-hybridized carbons (Fsp3) is 0.500. The van der Waals surface area contributed by atoms with Crippen LogP contribution in [-0.2, 0) is 0 Å². The highest BCUT2D eigenvalue weighted by Gasteiger charge is 2.30. The molecule has 0 saturated carbocycles. The summed E-state index contributed by atoms with van der Waals surface area (Å²) in [5.41, 5.74) is 0. The van der Waals surface area contributed by atoms with Gasteiger partial charge in [-0.3, -0.25) is 0 Å². The number of hydrogen-bond donors (Lipinski definition) is 0. The lowest BCUT2D eigenvalue weighted by atomic mass is 10.1. The van der Waals surface area contributed by atoms with Crippen molar-refractivity contribution in [3.05, 3.63) is 23.7 Å². The average Bonchev–Trinajstić information content (AvgIpc) is 3.05. The summed E-state index contributed by atoms with van der Waals surface area (Å²) in [4.78, 5) is 12.5. The molecule has 2 aromatic rings. The number of nitrogens with zero attached hydrogens (tertiary/aromatic N) is 3. The van der Waals surface area contributed by atoms with Crippen LogP contribution < -0.4 is 4.90 Å². The minimum absolute atomic E-state index is 0.709. The van der Waals surface area contributed by atoms with Crippen LogP contribution in [0, 0.1) is 0 Å². The number of anilines is 1. The third kappa shape index (κ3) is 2.20. The van der Waals surface area contributed by atoms with Gasteiger partial charge >= 0.3 is 0 Å². The third-order valence-corrected chi connectivity index (χ3v) is 6.26. The monoisotopic (exact) mass is 291 g/mol. The van der Waals surface area contributed by atoms with Crippen LogP contribution >= 0.6 is 22.7 Å². The van der Waals surface area contributed by atoms with Crippen molar-refractivity contribution in [2.75, 3.05) is 31.1 Å². The Morgan fingerprint density at radius 1 is 1.11 bits per heavy atom. The van der Waals surface area contributed by atoms with Gasteiger partial charge in [0.05, 0.1) is 4.88 Å². The minimum atomic E-state index is 0.709. The van der Waals surface area contributed by atoms with E-state index in [2.05, 4.69) is 32.3 Å². The number of fused-ring (bicyclic) bond motifs is 4. The topological polar surface area (TPSA) is 19.4 Å². The molecule has 2 bridgehead atoms. The molecular formula is C14H17N3S2. The minimum Gasteiger partial charge on any atom is -0.344 e. The zero-order chi connectivity index (χ0) is 12.7. The number of piperidine rings is 1. The molecule has 3 aliphatic rings. The maximum absolute atomic E-state index is 4.69. The Hall–Kier alpha value is -0.910. The van der Waals surface area contributed by atoms with E-state index in [1.807, 2.05) is 17.5 Å². The molecule has 0 radical (unpaired) electrons. The number of hydrogen-bond acceptors (Lipinski definition) is 5. The predicted molar refractivity (Wildman–Crippen MR) is 82.2 cm³/mol. The highest BCUT2D eigenvalue weighted by atomic mass is 32.1. The van der Waals surface area contributed by atoms with Crippen molar-refractivity contribution < 1.29 is 0 Å². The quantitative estimate of drug-likeness (QED) is 0.847. The maximum Gasteiger partial charge on any atom is 0.186 e. The summed E-state index contributed by atoms with van der Waals surface area (Å²) in [5, 5.41) is 3.35. The summed E-state index contributed by atoms with van der Waals surface area (Å²) in [5.74, 6) is 0.